The van der Waals surface area contributed by atoms with E-state index >= 15 is 0 Å². The molecule has 3 rings (SSSR count). The highest BCUT2D eigenvalue weighted by Crippen LogP contribution is 2.43. The fourth-order valence-corrected chi connectivity index (χ4v) is 4.31. The lowest BCUT2D eigenvalue weighted by Gasteiger charge is -2.44. The Bertz CT molecular complexity index is 309. The van der Waals surface area contributed by atoms with Gasteiger partial charge in [-0.15, -0.1) is 0 Å². The van der Waals surface area contributed by atoms with Crippen LogP contribution in [0, 0.1) is 5.92 Å². The summed E-state index contributed by atoms with van der Waals surface area (Å²) in [6.45, 7) is 2.40. The Morgan fingerprint density at radius 1 is 1.21 bits per heavy atom. The number of hydrogen-bond acceptors (Lipinski definition) is 4. The average molecular weight is 269 g/mol. The van der Waals surface area contributed by atoms with Gasteiger partial charge in [0.1, 0.15) is 0 Å². The lowest BCUT2D eigenvalue weighted by Crippen LogP contribution is -2.55. The van der Waals surface area contributed by atoms with Gasteiger partial charge in [-0.2, -0.15) is 0 Å². The van der Waals surface area contributed by atoms with Crippen LogP contribution in [0.5, 0.6) is 0 Å². The lowest BCUT2D eigenvalue weighted by molar-refractivity contribution is -0.121. The van der Waals surface area contributed by atoms with Crippen molar-refractivity contribution < 1.29 is 14.2 Å². The van der Waals surface area contributed by atoms with E-state index in [1.165, 1.54) is 12.8 Å². The van der Waals surface area contributed by atoms with Gasteiger partial charge in [0.25, 0.3) is 0 Å². The van der Waals surface area contributed by atoms with Gasteiger partial charge in [0, 0.05) is 32.8 Å². The largest absolute Gasteiger partial charge is 0.378 e. The number of nitrogens with two attached hydrogens (primary N) is 1. The Morgan fingerprint density at radius 2 is 2.00 bits per heavy atom. The van der Waals surface area contributed by atoms with Crippen molar-refractivity contribution >= 4 is 0 Å². The van der Waals surface area contributed by atoms with Gasteiger partial charge in [0.05, 0.1) is 17.8 Å². The molecule has 0 amide bonds. The molecule has 0 bridgehead atoms. The molecule has 2 saturated heterocycles. The number of rotatable bonds is 3. The Kier molecular flexibility index (Phi) is 3.87. The SMILES string of the molecule is COC1(C(N)C2CCOC3(CCOC3)C2)CCCC1. The molecule has 2 heterocycles. The van der Waals surface area contributed by atoms with Crippen molar-refractivity contribution in [2.75, 3.05) is 26.9 Å². The van der Waals surface area contributed by atoms with Crippen molar-refractivity contribution in [2.45, 2.75) is 62.2 Å². The Balaban J connectivity index is 1.70. The summed E-state index contributed by atoms with van der Waals surface area (Å²) in [6, 6.07) is 0.140. The zero-order valence-electron chi connectivity index (χ0n) is 12.0. The molecule has 0 aromatic carbocycles. The molecule has 4 nitrogen and oxygen atoms in total. The van der Waals surface area contributed by atoms with Crippen molar-refractivity contribution in [1.29, 1.82) is 0 Å². The van der Waals surface area contributed by atoms with Crippen LogP contribution >= 0.6 is 0 Å². The third kappa shape index (κ3) is 2.44. The highest BCUT2D eigenvalue weighted by atomic mass is 16.6. The van der Waals surface area contributed by atoms with E-state index in [0.29, 0.717) is 5.92 Å². The normalized spacial score (nSPS) is 39.8. The maximum Gasteiger partial charge on any atom is 0.0939 e. The van der Waals surface area contributed by atoms with Crippen molar-refractivity contribution in [2.24, 2.45) is 11.7 Å². The van der Waals surface area contributed by atoms with Gasteiger partial charge in [-0.1, -0.05) is 12.8 Å². The minimum Gasteiger partial charge on any atom is -0.378 e. The maximum absolute atomic E-state index is 6.63. The summed E-state index contributed by atoms with van der Waals surface area (Å²) in [4.78, 5) is 0. The molecule has 0 radical (unpaired) electrons. The topological polar surface area (TPSA) is 53.7 Å². The number of hydrogen-bond donors (Lipinski definition) is 1. The second kappa shape index (κ2) is 5.32. The van der Waals surface area contributed by atoms with Crippen molar-refractivity contribution in [3.63, 3.8) is 0 Å². The highest BCUT2D eigenvalue weighted by Gasteiger charge is 2.48. The molecule has 0 aromatic heterocycles. The van der Waals surface area contributed by atoms with Gasteiger partial charge in [-0.05, 0) is 31.6 Å². The molecular weight excluding hydrogens is 242 g/mol. The fraction of sp³-hybridized carbons (Fsp3) is 1.00. The summed E-state index contributed by atoms with van der Waals surface area (Å²) in [6.07, 6.45) is 7.86. The molecule has 1 aliphatic carbocycles. The van der Waals surface area contributed by atoms with Crippen LogP contribution in [-0.2, 0) is 14.2 Å². The third-order valence-electron chi connectivity index (χ3n) is 5.57. The molecule has 0 aromatic rings. The van der Waals surface area contributed by atoms with Crippen LogP contribution in [0.25, 0.3) is 0 Å². The van der Waals surface area contributed by atoms with Crippen molar-refractivity contribution in [3.05, 3.63) is 0 Å². The van der Waals surface area contributed by atoms with Gasteiger partial charge < -0.3 is 19.9 Å². The molecule has 1 spiro atoms. The third-order valence-corrected chi connectivity index (χ3v) is 5.57. The van der Waals surface area contributed by atoms with Crippen molar-refractivity contribution in [1.82, 2.24) is 0 Å². The van der Waals surface area contributed by atoms with Crippen LogP contribution in [0.4, 0.5) is 0 Å². The molecule has 19 heavy (non-hydrogen) atoms. The fourth-order valence-electron chi connectivity index (χ4n) is 4.31. The Morgan fingerprint density at radius 3 is 2.63 bits per heavy atom. The zero-order chi connectivity index (χ0) is 13.3. The Labute approximate surface area is 116 Å². The number of ether oxygens (including phenoxy) is 3. The van der Waals surface area contributed by atoms with E-state index in [2.05, 4.69) is 0 Å². The van der Waals surface area contributed by atoms with Crippen molar-refractivity contribution in [3.8, 4) is 0 Å². The summed E-state index contributed by atoms with van der Waals surface area (Å²) < 4.78 is 17.4. The molecule has 3 fully saturated rings. The van der Waals surface area contributed by atoms with Gasteiger partial charge in [0.15, 0.2) is 0 Å². The van der Waals surface area contributed by atoms with E-state index in [9.17, 15) is 0 Å². The summed E-state index contributed by atoms with van der Waals surface area (Å²) >= 11 is 0. The minimum absolute atomic E-state index is 0.0475. The van der Waals surface area contributed by atoms with Crippen LogP contribution in [0.15, 0.2) is 0 Å². The molecular formula is C15H27NO3. The van der Waals surface area contributed by atoms with Crippen LogP contribution < -0.4 is 5.73 Å². The van der Waals surface area contributed by atoms with E-state index in [0.717, 1.165) is 51.9 Å². The standard InChI is InChI=1S/C15H27NO3/c1-17-15(5-2-3-6-15)13(16)12-4-8-19-14(10-12)7-9-18-11-14/h12-13H,2-11,16H2,1H3. The van der Waals surface area contributed by atoms with Crippen LogP contribution in [0.2, 0.25) is 0 Å². The first-order chi connectivity index (χ1) is 9.20. The van der Waals surface area contributed by atoms with Gasteiger partial charge >= 0.3 is 0 Å². The van der Waals surface area contributed by atoms with Crippen LogP contribution in [0.3, 0.4) is 0 Å². The van der Waals surface area contributed by atoms with E-state index in [4.69, 9.17) is 19.9 Å². The quantitative estimate of drug-likeness (QED) is 0.849. The monoisotopic (exact) mass is 269 g/mol. The first-order valence-corrected chi connectivity index (χ1v) is 7.72. The number of methoxy groups -OCH3 is 1. The predicted molar refractivity (Wildman–Crippen MR) is 73.0 cm³/mol. The summed E-state index contributed by atoms with van der Waals surface area (Å²) in [5.41, 5.74) is 6.50. The van der Waals surface area contributed by atoms with E-state index in [-0.39, 0.29) is 17.2 Å². The first-order valence-electron chi connectivity index (χ1n) is 7.72. The second-order valence-corrected chi connectivity index (χ2v) is 6.59. The van der Waals surface area contributed by atoms with E-state index < -0.39 is 0 Å². The lowest BCUT2D eigenvalue weighted by atomic mass is 9.75. The van der Waals surface area contributed by atoms with Gasteiger partial charge in [-0.25, -0.2) is 0 Å². The molecule has 2 aliphatic heterocycles. The minimum atomic E-state index is -0.0807. The van der Waals surface area contributed by atoms with E-state index in [1.54, 1.807) is 0 Å². The molecule has 2 N–H and O–H groups in total. The predicted octanol–water partition coefficient (Wildman–Crippen LogP) is 1.86. The molecule has 3 atom stereocenters. The molecule has 4 heteroatoms. The second-order valence-electron chi connectivity index (χ2n) is 6.59. The van der Waals surface area contributed by atoms with E-state index in [1.807, 2.05) is 7.11 Å². The van der Waals surface area contributed by atoms with Gasteiger partial charge in [-0.3, -0.25) is 0 Å². The molecule has 3 unspecified atom stereocenters. The average Bonchev–Trinajstić information content (AvgIpc) is 3.08. The zero-order valence-corrected chi connectivity index (χ0v) is 12.0. The highest BCUT2D eigenvalue weighted by molar-refractivity contribution is 5.02. The van der Waals surface area contributed by atoms with Gasteiger partial charge in [0.2, 0.25) is 0 Å². The maximum atomic E-state index is 6.63. The molecule has 3 aliphatic rings. The molecule has 1 saturated carbocycles. The van der Waals surface area contributed by atoms with Crippen LogP contribution in [-0.4, -0.2) is 44.2 Å². The Hall–Kier alpha value is -0.160. The summed E-state index contributed by atoms with van der Waals surface area (Å²) in [7, 11) is 1.83. The summed E-state index contributed by atoms with van der Waals surface area (Å²) in [5, 5.41) is 0. The van der Waals surface area contributed by atoms with Crippen LogP contribution in [0.1, 0.15) is 44.9 Å². The smallest absolute Gasteiger partial charge is 0.0939 e. The molecule has 110 valence electrons. The summed E-state index contributed by atoms with van der Waals surface area (Å²) in [5.74, 6) is 0.508. The first kappa shape index (κ1) is 13.8.